The normalized spacial score (nSPS) is 24.2. The fourth-order valence-electron chi connectivity index (χ4n) is 3.87. The van der Waals surface area contributed by atoms with Crippen molar-refractivity contribution in [2.75, 3.05) is 6.54 Å². The molecule has 2 saturated carbocycles. The average molecular weight is 329 g/mol. The Hall–Kier alpha value is -1.84. The predicted octanol–water partition coefficient (Wildman–Crippen LogP) is 3.71. The summed E-state index contributed by atoms with van der Waals surface area (Å²) in [4.78, 5) is 26.2. The quantitative estimate of drug-likeness (QED) is 0.865. The van der Waals surface area contributed by atoms with Gasteiger partial charge in [-0.25, -0.2) is 0 Å². The van der Waals surface area contributed by atoms with E-state index in [0.717, 1.165) is 6.54 Å². The monoisotopic (exact) mass is 329 g/mol. The van der Waals surface area contributed by atoms with Crippen LogP contribution in [0, 0.1) is 17.8 Å². The Morgan fingerprint density at radius 3 is 2.12 bits per heavy atom. The summed E-state index contributed by atoms with van der Waals surface area (Å²) in [6.07, 6.45) is 6.43. The van der Waals surface area contributed by atoms with Gasteiger partial charge in [-0.15, -0.1) is 0 Å². The van der Waals surface area contributed by atoms with Gasteiger partial charge in [-0.1, -0.05) is 36.8 Å². The minimum Gasteiger partial charge on any atom is -0.481 e. The highest BCUT2D eigenvalue weighted by molar-refractivity contribution is 5.79. The highest BCUT2D eigenvalue weighted by Crippen LogP contribution is 2.32. The zero-order valence-electron chi connectivity index (χ0n) is 14.2. The van der Waals surface area contributed by atoms with Crippen molar-refractivity contribution in [2.45, 2.75) is 51.5 Å². The lowest BCUT2D eigenvalue weighted by atomic mass is 9.80. The fraction of sp³-hybridized carbons (Fsp3) is 0.600. The van der Waals surface area contributed by atoms with Gasteiger partial charge < -0.3 is 10.0 Å². The average Bonchev–Trinajstić information content (AvgIpc) is 2.57. The van der Waals surface area contributed by atoms with E-state index < -0.39 is 5.97 Å². The van der Waals surface area contributed by atoms with E-state index >= 15 is 0 Å². The first kappa shape index (κ1) is 17.0. The summed E-state index contributed by atoms with van der Waals surface area (Å²) in [5.74, 6) is -0.0910. The van der Waals surface area contributed by atoms with Crippen LogP contribution in [0.15, 0.2) is 30.3 Å². The number of carbonyl (C=O) groups excluding carboxylic acids is 1. The molecule has 1 aromatic carbocycles. The van der Waals surface area contributed by atoms with E-state index in [4.69, 9.17) is 5.11 Å². The van der Waals surface area contributed by atoms with Gasteiger partial charge in [0.05, 0.1) is 5.92 Å². The molecular weight excluding hydrogens is 302 g/mol. The maximum atomic E-state index is 13.0. The van der Waals surface area contributed by atoms with Crippen LogP contribution in [0.1, 0.15) is 50.5 Å². The molecule has 0 unspecified atom stereocenters. The number of carboxylic acid groups (broad SMARTS) is 1. The highest BCUT2D eigenvalue weighted by atomic mass is 16.4. The van der Waals surface area contributed by atoms with Crippen molar-refractivity contribution in [3.63, 3.8) is 0 Å². The van der Waals surface area contributed by atoms with E-state index in [-0.39, 0.29) is 17.7 Å². The Morgan fingerprint density at radius 1 is 0.958 bits per heavy atom. The first-order valence-electron chi connectivity index (χ1n) is 9.19. The molecule has 3 rings (SSSR count). The van der Waals surface area contributed by atoms with Crippen LogP contribution in [-0.2, 0) is 16.1 Å². The largest absolute Gasteiger partial charge is 0.481 e. The second-order valence-electron chi connectivity index (χ2n) is 7.39. The van der Waals surface area contributed by atoms with E-state index in [2.05, 4.69) is 12.1 Å². The Bertz CT molecular complexity index is 560. The van der Waals surface area contributed by atoms with Crippen molar-refractivity contribution in [1.29, 1.82) is 0 Å². The second kappa shape index (κ2) is 7.82. The third-order valence-corrected chi connectivity index (χ3v) is 5.66. The molecule has 2 aliphatic rings. The molecule has 2 fully saturated rings. The number of carboxylic acids is 1. The van der Waals surface area contributed by atoms with Gasteiger partial charge in [-0.2, -0.15) is 0 Å². The molecule has 1 aromatic rings. The van der Waals surface area contributed by atoms with E-state index in [1.54, 1.807) is 0 Å². The summed E-state index contributed by atoms with van der Waals surface area (Å²) >= 11 is 0. The lowest BCUT2D eigenvalue weighted by Gasteiger charge is -2.36. The van der Waals surface area contributed by atoms with Gasteiger partial charge in [0.1, 0.15) is 0 Å². The Kier molecular flexibility index (Phi) is 5.54. The molecule has 130 valence electrons. The van der Waals surface area contributed by atoms with Crippen LogP contribution in [0.2, 0.25) is 0 Å². The van der Waals surface area contributed by atoms with Gasteiger partial charge in [-0.3, -0.25) is 9.59 Å². The lowest BCUT2D eigenvalue weighted by Crippen LogP contribution is -2.41. The topological polar surface area (TPSA) is 57.6 Å². The maximum absolute atomic E-state index is 13.0. The Labute approximate surface area is 143 Å². The van der Waals surface area contributed by atoms with Crippen LogP contribution in [-0.4, -0.2) is 28.4 Å². The number of nitrogens with zero attached hydrogens (tertiary/aromatic N) is 1. The Morgan fingerprint density at radius 2 is 1.58 bits per heavy atom. The summed E-state index contributed by atoms with van der Waals surface area (Å²) in [5, 5.41) is 9.13. The van der Waals surface area contributed by atoms with Crippen molar-refractivity contribution in [1.82, 2.24) is 4.90 Å². The molecule has 0 atom stereocenters. The second-order valence-corrected chi connectivity index (χ2v) is 7.39. The smallest absolute Gasteiger partial charge is 0.306 e. The van der Waals surface area contributed by atoms with E-state index in [1.165, 1.54) is 24.8 Å². The van der Waals surface area contributed by atoms with Gasteiger partial charge >= 0.3 is 5.97 Å². The first-order chi connectivity index (χ1) is 11.6. The first-order valence-corrected chi connectivity index (χ1v) is 9.19. The summed E-state index contributed by atoms with van der Waals surface area (Å²) in [5.41, 5.74) is 1.17. The minimum atomic E-state index is -0.712. The zero-order valence-corrected chi connectivity index (χ0v) is 14.2. The number of aliphatic carboxylic acids is 1. The summed E-state index contributed by atoms with van der Waals surface area (Å²) < 4.78 is 0. The maximum Gasteiger partial charge on any atom is 0.306 e. The molecule has 0 spiro atoms. The molecule has 0 bridgehead atoms. The molecule has 4 nitrogen and oxygen atoms in total. The van der Waals surface area contributed by atoms with Gasteiger partial charge in [-0.05, 0) is 50.0 Å². The van der Waals surface area contributed by atoms with Crippen LogP contribution in [0.4, 0.5) is 0 Å². The number of amides is 1. The lowest BCUT2D eigenvalue weighted by molar-refractivity contribution is -0.146. The molecule has 0 aliphatic heterocycles. The number of hydrogen-bond acceptors (Lipinski definition) is 2. The van der Waals surface area contributed by atoms with Crippen molar-refractivity contribution in [2.24, 2.45) is 17.8 Å². The fourth-order valence-corrected chi connectivity index (χ4v) is 3.87. The highest BCUT2D eigenvalue weighted by Gasteiger charge is 2.33. The molecule has 2 aliphatic carbocycles. The molecule has 1 amide bonds. The van der Waals surface area contributed by atoms with Gasteiger partial charge in [0.2, 0.25) is 5.91 Å². The summed E-state index contributed by atoms with van der Waals surface area (Å²) in [6, 6.07) is 10.2. The minimum absolute atomic E-state index is 0.00406. The van der Waals surface area contributed by atoms with Crippen molar-refractivity contribution < 1.29 is 14.7 Å². The number of benzene rings is 1. The van der Waals surface area contributed by atoms with Crippen molar-refractivity contribution in [3.05, 3.63) is 35.9 Å². The van der Waals surface area contributed by atoms with Crippen LogP contribution >= 0.6 is 0 Å². The van der Waals surface area contributed by atoms with Crippen LogP contribution in [0.3, 0.4) is 0 Å². The predicted molar refractivity (Wildman–Crippen MR) is 92.3 cm³/mol. The van der Waals surface area contributed by atoms with E-state index in [0.29, 0.717) is 38.1 Å². The molecule has 24 heavy (non-hydrogen) atoms. The van der Waals surface area contributed by atoms with Gasteiger partial charge in [0.15, 0.2) is 0 Å². The van der Waals surface area contributed by atoms with Gasteiger partial charge in [0, 0.05) is 19.0 Å². The van der Waals surface area contributed by atoms with Crippen molar-refractivity contribution >= 4 is 11.9 Å². The third-order valence-electron chi connectivity index (χ3n) is 5.66. The summed E-state index contributed by atoms with van der Waals surface area (Å²) in [6.45, 7) is 1.53. The number of rotatable bonds is 6. The Balaban J connectivity index is 1.63. The third kappa shape index (κ3) is 4.16. The van der Waals surface area contributed by atoms with Crippen LogP contribution < -0.4 is 0 Å². The standard InChI is InChI=1S/C20H27NO3/c22-19(17-9-11-18(12-10-17)20(23)24)21(14-16-7-4-8-16)13-15-5-2-1-3-6-15/h1-3,5-6,16-18H,4,7-14H2,(H,23,24). The van der Waals surface area contributed by atoms with E-state index in [1.807, 2.05) is 23.1 Å². The molecule has 0 aromatic heterocycles. The summed E-state index contributed by atoms with van der Waals surface area (Å²) in [7, 11) is 0. The molecule has 0 radical (unpaired) electrons. The van der Waals surface area contributed by atoms with Crippen LogP contribution in [0.25, 0.3) is 0 Å². The molecular formula is C20H27NO3. The molecule has 0 saturated heterocycles. The molecule has 0 heterocycles. The van der Waals surface area contributed by atoms with E-state index in [9.17, 15) is 9.59 Å². The zero-order chi connectivity index (χ0) is 16.9. The molecule has 4 heteroatoms. The SMILES string of the molecule is O=C(O)C1CCC(C(=O)N(Cc2ccccc2)CC2CCC2)CC1. The molecule has 1 N–H and O–H groups in total. The number of carbonyl (C=O) groups is 2. The number of hydrogen-bond donors (Lipinski definition) is 1. The van der Waals surface area contributed by atoms with Crippen molar-refractivity contribution in [3.8, 4) is 0 Å². The van der Waals surface area contributed by atoms with Crippen LogP contribution in [0.5, 0.6) is 0 Å². The van der Waals surface area contributed by atoms with Gasteiger partial charge in [0.25, 0.3) is 0 Å².